The molecule has 0 unspecified atom stereocenters. The first kappa shape index (κ1) is 34.3. The zero-order valence-electron chi connectivity index (χ0n) is 26.5. The van der Waals surface area contributed by atoms with Crippen LogP contribution in [0.3, 0.4) is 0 Å². The molecule has 13 heteroatoms. The van der Waals surface area contributed by atoms with Crippen molar-refractivity contribution < 1.29 is 33.3 Å². The molecule has 2 aromatic carbocycles. The summed E-state index contributed by atoms with van der Waals surface area (Å²) in [5.41, 5.74) is 2.03. The quantitative estimate of drug-likeness (QED) is 0.195. The number of pyridine rings is 2. The van der Waals surface area contributed by atoms with E-state index in [0.29, 0.717) is 59.7 Å². The first-order valence-electron chi connectivity index (χ1n) is 14.6. The standard InChI is InChI=1S/C18H20N2O5.C16H16N2O4/c1-19-16(21)6-3-12-9-17(22)20(11-18-24-7-8-25-18)15-10-13(23-2)4-5-14(12)15;1-17-15(20)6-3-11-9-16(21)18(7-8-19)14-10-12(22-2)4-5-13(11)14/h3-6,9-10,18H,7-8,11H2,1-2H3,(H,19,21);3-6,8-10H,7H2,1-2H3,(H,17,20)/b2*6-3+. The van der Waals surface area contributed by atoms with Gasteiger partial charge >= 0.3 is 0 Å². The molecule has 1 fully saturated rings. The number of hydrogen-bond acceptors (Lipinski definition) is 9. The molecule has 0 spiro atoms. The van der Waals surface area contributed by atoms with Crippen molar-refractivity contribution in [3.05, 3.63) is 92.5 Å². The largest absolute Gasteiger partial charge is 0.497 e. The molecule has 2 N–H and O–H groups in total. The van der Waals surface area contributed by atoms with Gasteiger partial charge in [-0.15, -0.1) is 0 Å². The van der Waals surface area contributed by atoms with Crippen LogP contribution >= 0.6 is 0 Å². The number of aromatic nitrogens is 2. The van der Waals surface area contributed by atoms with Crippen molar-refractivity contribution in [3.8, 4) is 11.5 Å². The monoisotopic (exact) mass is 644 g/mol. The number of fused-ring (bicyclic) bond motifs is 2. The van der Waals surface area contributed by atoms with Crippen molar-refractivity contribution >= 4 is 52.1 Å². The second kappa shape index (κ2) is 16.2. The van der Waals surface area contributed by atoms with Gasteiger partial charge in [-0.25, -0.2) is 0 Å². The number of carbonyl (C=O) groups is 3. The third kappa shape index (κ3) is 8.39. The molecule has 2 amide bonds. The summed E-state index contributed by atoms with van der Waals surface area (Å²) < 4.78 is 24.3. The number of carbonyl (C=O) groups excluding carboxylic acids is 3. The Morgan fingerprint density at radius 3 is 1.70 bits per heavy atom. The predicted molar refractivity (Wildman–Crippen MR) is 177 cm³/mol. The average molecular weight is 645 g/mol. The fourth-order valence-electron chi connectivity index (χ4n) is 4.91. The zero-order chi connectivity index (χ0) is 33.9. The van der Waals surface area contributed by atoms with E-state index in [1.807, 2.05) is 12.1 Å². The number of ether oxygens (including phenoxy) is 4. The van der Waals surface area contributed by atoms with Crippen molar-refractivity contribution in [2.45, 2.75) is 19.4 Å². The van der Waals surface area contributed by atoms with Crippen LogP contribution in [0.1, 0.15) is 11.1 Å². The minimum Gasteiger partial charge on any atom is -0.497 e. The number of aldehydes is 1. The minimum absolute atomic E-state index is 0.0397. The zero-order valence-corrected chi connectivity index (χ0v) is 26.5. The maximum Gasteiger partial charge on any atom is 0.252 e. The van der Waals surface area contributed by atoms with E-state index < -0.39 is 6.29 Å². The van der Waals surface area contributed by atoms with Crippen LogP contribution in [-0.2, 0) is 36.9 Å². The van der Waals surface area contributed by atoms with Gasteiger partial charge in [-0.3, -0.25) is 19.2 Å². The van der Waals surface area contributed by atoms with Crippen LogP contribution in [-0.4, -0.2) is 75.1 Å². The van der Waals surface area contributed by atoms with E-state index in [1.54, 1.807) is 55.1 Å². The van der Waals surface area contributed by atoms with E-state index in [-0.39, 0.29) is 29.5 Å². The molecule has 5 rings (SSSR count). The molecule has 0 saturated carbocycles. The molecule has 2 aromatic heterocycles. The number of nitrogens with one attached hydrogen (secondary N) is 2. The summed E-state index contributed by atoms with van der Waals surface area (Å²) in [6, 6.07) is 13.6. The molecule has 1 aliphatic heterocycles. The second-order valence-electron chi connectivity index (χ2n) is 10.1. The van der Waals surface area contributed by atoms with Gasteiger partial charge in [-0.2, -0.15) is 0 Å². The fraction of sp³-hybridized carbons (Fsp3) is 0.265. The lowest BCUT2D eigenvalue weighted by Gasteiger charge is -2.16. The number of hydrogen-bond donors (Lipinski definition) is 2. The highest BCUT2D eigenvalue weighted by Gasteiger charge is 2.19. The van der Waals surface area contributed by atoms with Crippen molar-refractivity contribution in [2.24, 2.45) is 0 Å². The van der Waals surface area contributed by atoms with Gasteiger partial charge in [0.15, 0.2) is 6.29 Å². The Kier molecular flexibility index (Phi) is 11.8. The SMILES string of the molecule is CNC(=O)/C=C/c1cc(=O)n(CC2OCCO2)c2cc(OC)ccc12.CNC(=O)/C=C/c1cc(=O)n(CC=O)c2cc(OC)ccc12. The first-order chi connectivity index (χ1) is 22.7. The summed E-state index contributed by atoms with van der Waals surface area (Å²) >= 11 is 0. The number of nitrogens with zero attached hydrogens (tertiary/aromatic N) is 2. The summed E-state index contributed by atoms with van der Waals surface area (Å²) in [6.07, 6.45) is 6.16. The van der Waals surface area contributed by atoms with E-state index in [1.165, 1.54) is 43.0 Å². The minimum atomic E-state index is -0.445. The molecule has 3 heterocycles. The summed E-state index contributed by atoms with van der Waals surface area (Å²) in [4.78, 5) is 58.4. The third-order valence-corrected chi connectivity index (χ3v) is 7.30. The van der Waals surface area contributed by atoms with Gasteiger partial charge in [0.1, 0.15) is 17.8 Å². The Bertz CT molecular complexity index is 1950. The van der Waals surface area contributed by atoms with Crippen LogP contribution in [0.25, 0.3) is 34.0 Å². The van der Waals surface area contributed by atoms with Crippen LogP contribution in [0, 0.1) is 0 Å². The topological polar surface area (TPSA) is 156 Å². The van der Waals surface area contributed by atoms with E-state index in [2.05, 4.69) is 10.6 Å². The van der Waals surface area contributed by atoms with E-state index in [9.17, 15) is 24.0 Å². The number of amides is 2. The Balaban J connectivity index is 0.000000215. The van der Waals surface area contributed by atoms with Crippen molar-refractivity contribution in [1.29, 1.82) is 0 Å². The number of likely N-dealkylation sites (N-methyl/N-ethyl adjacent to an activating group) is 2. The number of methoxy groups -OCH3 is 2. The van der Waals surface area contributed by atoms with Crippen molar-refractivity contribution in [2.75, 3.05) is 41.5 Å². The smallest absolute Gasteiger partial charge is 0.252 e. The Labute approximate surface area is 270 Å². The lowest BCUT2D eigenvalue weighted by molar-refractivity contribution is -0.116. The molecule has 4 aromatic rings. The molecule has 246 valence electrons. The summed E-state index contributed by atoms with van der Waals surface area (Å²) in [6.45, 7) is 1.30. The molecule has 0 bridgehead atoms. The summed E-state index contributed by atoms with van der Waals surface area (Å²) in [5, 5.41) is 6.57. The van der Waals surface area contributed by atoms with Gasteiger partial charge in [0.2, 0.25) is 11.8 Å². The molecule has 47 heavy (non-hydrogen) atoms. The van der Waals surface area contributed by atoms with Gasteiger partial charge < -0.3 is 43.5 Å². The van der Waals surface area contributed by atoms with Crippen molar-refractivity contribution in [1.82, 2.24) is 19.8 Å². The van der Waals surface area contributed by atoms with Gasteiger partial charge in [0.25, 0.3) is 11.1 Å². The molecule has 1 aliphatic rings. The highest BCUT2D eigenvalue weighted by molar-refractivity contribution is 5.97. The maximum atomic E-state index is 12.6. The van der Waals surface area contributed by atoms with Gasteiger partial charge in [-0.05, 0) is 47.5 Å². The van der Waals surface area contributed by atoms with Crippen LogP contribution in [0.5, 0.6) is 11.5 Å². The van der Waals surface area contributed by atoms with Crippen LogP contribution < -0.4 is 31.2 Å². The fourth-order valence-corrected chi connectivity index (χ4v) is 4.91. The Hall–Kier alpha value is -5.53. The maximum absolute atomic E-state index is 12.6. The highest BCUT2D eigenvalue weighted by atomic mass is 16.7. The van der Waals surface area contributed by atoms with E-state index in [4.69, 9.17) is 18.9 Å². The molecule has 13 nitrogen and oxygen atoms in total. The van der Waals surface area contributed by atoms with Gasteiger partial charge in [-0.1, -0.05) is 0 Å². The Morgan fingerprint density at radius 2 is 1.26 bits per heavy atom. The average Bonchev–Trinajstić information content (AvgIpc) is 3.62. The van der Waals surface area contributed by atoms with Crippen LogP contribution in [0.4, 0.5) is 0 Å². The van der Waals surface area contributed by atoms with E-state index in [0.717, 1.165) is 10.8 Å². The predicted octanol–water partition coefficient (Wildman–Crippen LogP) is 2.11. The van der Waals surface area contributed by atoms with Crippen LogP contribution in [0.15, 0.2) is 70.3 Å². The summed E-state index contributed by atoms with van der Waals surface area (Å²) in [7, 11) is 6.17. The van der Waals surface area contributed by atoms with Gasteiger partial charge in [0.05, 0.1) is 51.6 Å². The highest BCUT2D eigenvalue weighted by Crippen LogP contribution is 2.25. The van der Waals surface area contributed by atoms with Crippen LogP contribution in [0.2, 0.25) is 0 Å². The first-order valence-corrected chi connectivity index (χ1v) is 14.6. The molecule has 0 radical (unpaired) electrons. The Morgan fingerprint density at radius 1 is 0.787 bits per heavy atom. The van der Waals surface area contributed by atoms with Gasteiger partial charge in [0, 0.05) is 61.3 Å². The number of rotatable bonds is 10. The van der Waals surface area contributed by atoms with Crippen molar-refractivity contribution in [3.63, 3.8) is 0 Å². The third-order valence-electron chi connectivity index (χ3n) is 7.30. The lowest BCUT2D eigenvalue weighted by Crippen LogP contribution is -2.27. The lowest BCUT2D eigenvalue weighted by atomic mass is 10.1. The normalized spacial score (nSPS) is 13.1. The second-order valence-corrected chi connectivity index (χ2v) is 10.1. The summed E-state index contributed by atoms with van der Waals surface area (Å²) in [5.74, 6) is 0.720. The number of benzene rings is 2. The molecule has 0 atom stereocenters. The molecular weight excluding hydrogens is 608 g/mol. The molecule has 1 saturated heterocycles. The molecule has 0 aliphatic carbocycles. The van der Waals surface area contributed by atoms with E-state index >= 15 is 0 Å². The molecular formula is C34H36N4O9.